The van der Waals surface area contributed by atoms with Gasteiger partial charge in [0.25, 0.3) is 0 Å². The highest BCUT2D eigenvalue weighted by Gasteiger charge is 2.33. The van der Waals surface area contributed by atoms with Crippen LogP contribution in [0.5, 0.6) is 0 Å². The Labute approximate surface area is 106 Å². The van der Waals surface area contributed by atoms with Gasteiger partial charge in [0, 0.05) is 17.2 Å². The first-order valence-electron chi connectivity index (χ1n) is 5.43. The Bertz CT molecular complexity index is 402. The summed E-state index contributed by atoms with van der Waals surface area (Å²) in [5.41, 5.74) is -0.693. The molecule has 0 bridgehead atoms. The van der Waals surface area contributed by atoms with Gasteiger partial charge in [-0.05, 0) is 34.3 Å². The number of nitrogens with zero attached hydrogens (tertiary/aromatic N) is 1. The number of halogens is 4. The maximum absolute atomic E-state index is 12.6. The molecule has 0 saturated heterocycles. The Balaban J connectivity index is 2.01. The van der Waals surface area contributed by atoms with E-state index in [-0.39, 0.29) is 10.3 Å². The molecule has 0 atom stereocenters. The maximum atomic E-state index is 12.6. The average molecular weight is 309 g/mol. The van der Waals surface area contributed by atoms with Crippen LogP contribution in [0.1, 0.15) is 24.8 Å². The number of hydrogen-bond acceptors (Lipinski definition) is 2. The van der Waals surface area contributed by atoms with E-state index in [0.29, 0.717) is 6.54 Å². The monoisotopic (exact) mass is 308 g/mol. The number of nitrogens with one attached hydrogen (secondary N) is 1. The number of aromatic nitrogens is 1. The van der Waals surface area contributed by atoms with Crippen LogP contribution in [-0.4, -0.2) is 11.5 Å². The Morgan fingerprint density at radius 3 is 2.71 bits per heavy atom. The molecule has 94 valence electrons. The van der Waals surface area contributed by atoms with Crippen molar-refractivity contribution in [3.63, 3.8) is 0 Å². The molecule has 1 N–H and O–H groups in total. The zero-order valence-corrected chi connectivity index (χ0v) is 10.6. The van der Waals surface area contributed by atoms with Gasteiger partial charge in [0.15, 0.2) is 0 Å². The predicted octanol–water partition coefficient (Wildman–Crippen LogP) is 4.07. The topological polar surface area (TPSA) is 24.9 Å². The quantitative estimate of drug-likeness (QED) is 0.906. The lowest BCUT2D eigenvalue weighted by Gasteiger charge is -2.11. The standard InChI is InChI=1S/C11H12BrF3N2/c12-9-6-17-10(5-8(9)11(13,14)15)16-4-3-7-1-2-7/h5-7H,1-4H2,(H,16,17). The molecule has 0 spiro atoms. The zero-order valence-electron chi connectivity index (χ0n) is 9.02. The van der Waals surface area contributed by atoms with Gasteiger partial charge in [-0.3, -0.25) is 0 Å². The van der Waals surface area contributed by atoms with Crippen molar-refractivity contribution in [2.75, 3.05) is 11.9 Å². The molecule has 1 aliphatic carbocycles. The van der Waals surface area contributed by atoms with Gasteiger partial charge in [0.2, 0.25) is 0 Å². The van der Waals surface area contributed by atoms with Gasteiger partial charge >= 0.3 is 6.18 Å². The first kappa shape index (κ1) is 12.7. The summed E-state index contributed by atoms with van der Waals surface area (Å²) >= 11 is 2.86. The van der Waals surface area contributed by atoms with Crippen molar-refractivity contribution >= 4 is 21.7 Å². The molecule has 0 radical (unpaired) electrons. The molecule has 6 heteroatoms. The van der Waals surface area contributed by atoms with E-state index in [1.54, 1.807) is 0 Å². The van der Waals surface area contributed by atoms with Gasteiger partial charge in [0.1, 0.15) is 5.82 Å². The third-order valence-electron chi connectivity index (χ3n) is 2.72. The van der Waals surface area contributed by atoms with Crippen LogP contribution in [0, 0.1) is 5.92 Å². The van der Waals surface area contributed by atoms with Crippen LogP contribution in [0.2, 0.25) is 0 Å². The van der Waals surface area contributed by atoms with Crippen molar-refractivity contribution < 1.29 is 13.2 Å². The Hall–Kier alpha value is -0.780. The van der Waals surface area contributed by atoms with Crippen molar-refractivity contribution in [3.05, 3.63) is 22.3 Å². The van der Waals surface area contributed by atoms with Gasteiger partial charge in [0.05, 0.1) is 5.56 Å². The summed E-state index contributed by atoms with van der Waals surface area (Å²) in [6, 6.07) is 1.04. The molecule has 2 rings (SSSR count). The molecular weight excluding hydrogens is 297 g/mol. The smallest absolute Gasteiger partial charge is 0.370 e. The molecule has 1 aliphatic rings. The van der Waals surface area contributed by atoms with Crippen LogP contribution in [-0.2, 0) is 6.18 Å². The van der Waals surface area contributed by atoms with E-state index in [0.717, 1.165) is 18.4 Å². The summed E-state index contributed by atoms with van der Waals surface area (Å²) in [4.78, 5) is 3.91. The van der Waals surface area contributed by atoms with Gasteiger partial charge in [-0.2, -0.15) is 13.2 Å². The minimum absolute atomic E-state index is 0.0299. The molecule has 0 aromatic carbocycles. The first-order valence-corrected chi connectivity index (χ1v) is 6.23. The van der Waals surface area contributed by atoms with E-state index in [9.17, 15) is 13.2 Å². The molecule has 1 fully saturated rings. The molecule has 1 saturated carbocycles. The summed E-state index contributed by atoms with van der Waals surface area (Å²) in [5.74, 6) is 1.03. The van der Waals surface area contributed by atoms with Gasteiger partial charge in [-0.1, -0.05) is 12.8 Å². The fourth-order valence-electron chi connectivity index (χ4n) is 1.56. The number of alkyl halides is 3. The Morgan fingerprint density at radius 1 is 1.41 bits per heavy atom. The number of anilines is 1. The van der Waals surface area contributed by atoms with E-state index < -0.39 is 11.7 Å². The van der Waals surface area contributed by atoms with E-state index in [2.05, 4.69) is 26.2 Å². The lowest BCUT2D eigenvalue weighted by Crippen LogP contribution is -2.09. The van der Waals surface area contributed by atoms with E-state index in [4.69, 9.17) is 0 Å². The van der Waals surface area contributed by atoms with Crippen molar-refractivity contribution in [2.45, 2.75) is 25.4 Å². The number of rotatable bonds is 4. The second-order valence-corrected chi connectivity index (χ2v) is 5.06. The fraction of sp³-hybridized carbons (Fsp3) is 0.545. The van der Waals surface area contributed by atoms with Gasteiger partial charge < -0.3 is 5.32 Å². The minimum Gasteiger partial charge on any atom is -0.370 e. The highest BCUT2D eigenvalue weighted by atomic mass is 79.9. The van der Waals surface area contributed by atoms with Crippen molar-refractivity contribution in [1.82, 2.24) is 4.98 Å². The highest BCUT2D eigenvalue weighted by Crippen LogP contribution is 2.36. The molecule has 0 amide bonds. The fourth-order valence-corrected chi connectivity index (χ4v) is 2.01. The van der Waals surface area contributed by atoms with Gasteiger partial charge in [-0.15, -0.1) is 0 Å². The Morgan fingerprint density at radius 2 is 2.12 bits per heavy atom. The zero-order chi connectivity index (χ0) is 12.5. The lowest BCUT2D eigenvalue weighted by molar-refractivity contribution is -0.138. The van der Waals surface area contributed by atoms with Crippen LogP contribution < -0.4 is 5.32 Å². The Kier molecular flexibility index (Phi) is 3.61. The normalized spacial score (nSPS) is 16.0. The van der Waals surface area contributed by atoms with Crippen LogP contribution in [0.3, 0.4) is 0 Å². The highest BCUT2D eigenvalue weighted by molar-refractivity contribution is 9.10. The maximum Gasteiger partial charge on any atom is 0.417 e. The predicted molar refractivity (Wildman–Crippen MR) is 62.8 cm³/mol. The summed E-state index contributed by atoms with van der Waals surface area (Å²) in [6.07, 6.45) is 0.308. The molecule has 0 unspecified atom stereocenters. The van der Waals surface area contributed by atoms with Crippen molar-refractivity contribution in [2.24, 2.45) is 5.92 Å². The van der Waals surface area contributed by atoms with Crippen LogP contribution in [0.4, 0.5) is 19.0 Å². The number of hydrogen-bond donors (Lipinski definition) is 1. The third-order valence-corrected chi connectivity index (χ3v) is 3.35. The first-order chi connectivity index (χ1) is 7.97. The second kappa shape index (κ2) is 4.84. The summed E-state index contributed by atoms with van der Waals surface area (Å²) in [5, 5.41) is 2.92. The SMILES string of the molecule is FC(F)(F)c1cc(NCCC2CC2)ncc1Br. The largest absolute Gasteiger partial charge is 0.417 e. The van der Waals surface area contributed by atoms with Crippen LogP contribution in [0.25, 0.3) is 0 Å². The molecule has 2 nitrogen and oxygen atoms in total. The molecular formula is C11H12BrF3N2. The molecule has 0 aliphatic heterocycles. The molecule has 1 aromatic rings. The second-order valence-electron chi connectivity index (χ2n) is 4.21. The van der Waals surface area contributed by atoms with Crippen molar-refractivity contribution in [3.8, 4) is 0 Å². The summed E-state index contributed by atoms with van der Waals surface area (Å²) < 4.78 is 37.8. The minimum atomic E-state index is -4.35. The third kappa shape index (κ3) is 3.59. The number of pyridine rings is 1. The van der Waals surface area contributed by atoms with E-state index in [1.807, 2.05) is 0 Å². The van der Waals surface area contributed by atoms with Gasteiger partial charge in [-0.25, -0.2) is 4.98 Å². The van der Waals surface area contributed by atoms with E-state index >= 15 is 0 Å². The molecule has 17 heavy (non-hydrogen) atoms. The van der Waals surface area contributed by atoms with Crippen LogP contribution >= 0.6 is 15.9 Å². The summed E-state index contributed by atoms with van der Waals surface area (Å²) in [6.45, 7) is 0.677. The molecule has 1 aromatic heterocycles. The lowest BCUT2D eigenvalue weighted by atomic mass is 10.2. The molecule has 1 heterocycles. The van der Waals surface area contributed by atoms with E-state index in [1.165, 1.54) is 19.0 Å². The van der Waals surface area contributed by atoms with Crippen molar-refractivity contribution in [1.29, 1.82) is 0 Å². The summed E-state index contributed by atoms with van der Waals surface area (Å²) in [7, 11) is 0. The van der Waals surface area contributed by atoms with Crippen LogP contribution in [0.15, 0.2) is 16.7 Å². The average Bonchev–Trinajstić information content (AvgIpc) is 3.03.